The third kappa shape index (κ3) is 4.37. The largest absolute Gasteiger partial charge is 0.488 e. The molecule has 2 rings (SSSR count). The molecule has 0 atom stereocenters. The topological polar surface area (TPSA) is 29.5 Å². The number of ether oxygens (including phenoxy) is 1. The maximum Gasteiger partial charge on any atom is 0.135 e. The average molecular weight is 280 g/mol. The van der Waals surface area contributed by atoms with Crippen molar-refractivity contribution in [1.82, 2.24) is 0 Å². The lowest BCUT2D eigenvalue weighted by molar-refractivity contribution is 0.303. The number of hydrogen-bond donors (Lipinski definition) is 1. The van der Waals surface area contributed by atoms with Crippen molar-refractivity contribution in [3.8, 4) is 17.6 Å². The highest BCUT2D eigenvalue weighted by Crippen LogP contribution is 2.20. The molecule has 0 aliphatic heterocycles. The maximum atomic E-state index is 8.79. The molecule has 0 bridgehead atoms. The summed E-state index contributed by atoms with van der Waals surface area (Å²) >= 11 is 0. The van der Waals surface area contributed by atoms with Gasteiger partial charge in [-0.05, 0) is 37.1 Å². The van der Waals surface area contributed by atoms with Crippen molar-refractivity contribution in [3.63, 3.8) is 0 Å². The number of rotatable bonds is 4. The maximum absolute atomic E-state index is 8.79. The number of aryl methyl sites for hydroxylation is 2. The van der Waals surface area contributed by atoms with Crippen LogP contribution in [0.3, 0.4) is 0 Å². The van der Waals surface area contributed by atoms with Crippen molar-refractivity contribution in [3.05, 3.63) is 64.7 Å². The Morgan fingerprint density at radius 3 is 2.71 bits per heavy atom. The van der Waals surface area contributed by atoms with E-state index in [1.807, 2.05) is 24.3 Å². The molecule has 2 heteroatoms. The molecular weight excluding hydrogens is 260 g/mol. The standard InChI is InChI=1S/C19H20O2/c1-15-10-11-16(2)18(13-15)14-21-19-9-4-3-7-17(19)8-5-6-12-20/h3-4,7,9-11,13,20H,6,12,14H2,1-2H3. The van der Waals surface area contributed by atoms with Crippen molar-refractivity contribution >= 4 is 0 Å². The Bertz CT molecular complexity index is 663. The van der Waals surface area contributed by atoms with E-state index in [0.29, 0.717) is 13.0 Å². The molecule has 0 aromatic heterocycles. The van der Waals surface area contributed by atoms with E-state index in [0.717, 1.165) is 11.3 Å². The minimum Gasteiger partial charge on any atom is -0.488 e. The van der Waals surface area contributed by atoms with E-state index in [1.165, 1.54) is 16.7 Å². The molecule has 2 aromatic carbocycles. The zero-order valence-electron chi connectivity index (χ0n) is 12.5. The molecule has 0 heterocycles. The van der Waals surface area contributed by atoms with Crippen LogP contribution in [-0.2, 0) is 6.61 Å². The summed E-state index contributed by atoms with van der Waals surface area (Å²) in [6.07, 6.45) is 0.478. The predicted octanol–water partition coefficient (Wildman–Crippen LogP) is 3.62. The quantitative estimate of drug-likeness (QED) is 0.867. The van der Waals surface area contributed by atoms with Crippen molar-refractivity contribution in [2.75, 3.05) is 6.61 Å². The Morgan fingerprint density at radius 1 is 1.10 bits per heavy atom. The summed E-state index contributed by atoms with van der Waals surface area (Å²) in [5, 5.41) is 8.79. The van der Waals surface area contributed by atoms with E-state index in [4.69, 9.17) is 9.84 Å². The number of aliphatic hydroxyl groups is 1. The summed E-state index contributed by atoms with van der Waals surface area (Å²) in [4.78, 5) is 0. The Hall–Kier alpha value is -2.24. The lowest BCUT2D eigenvalue weighted by Gasteiger charge is -2.11. The second kappa shape index (κ2) is 7.52. The third-order valence-corrected chi connectivity index (χ3v) is 3.23. The molecule has 0 amide bonds. The molecule has 0 aliphatic rings. The zero-order chi connectivity index (χ0) is 15.1. The van der Waals surface area contributed by atoms with E-state index in [2.05, 4.69) is 43.9 Å². The third-order valence-electron chi connectivity index (χ3n) is 3.23. The number of benzene rings is 2. The molecule has 0 spiro atoms. The van der Waals surface area contributed by atoms with Crippen LogP contribution in [0.4, 0.5) is 0 Å². The Kier molecular flexibility index (Phi) is 5.43. The Morgan fingerprint density at radius 2 is 1.90 bits per heavy atom. The molecule has 0 fully saturated rings. The van der Waals surface area contributed by atoms with E-state index in [9.17, 15) is 0 Å². The first-order valence-corrected chi connectivity index (χ1v) is 7.08. The van der Waals surface area contributed by atoms with Gasteiger partial charge < -0.3 is 9.84 Å². The molecule has 2 nitrogen and oxygen atoms in total. The minimum absolute atomic E-state index is 0.0819. The second-order valence-corrected chi connectivity index (χ2v) is 4.99. The first kappa shape index (κ1) is 15.2. The Balaban J connectivity index is 2.13. The van der Waals surface area contributed by atoms with Gasteiger partial charge in [0.25, 0.3) is 0 Å². The van der Waals surface area contributed by atoms with Crippen LogP contribution in [0, 0.1) is 25.7 Å². The molecule has 0 saturated carbocycles. The van der Waals surface area contributed by atoms with Gasteiger partial charge in [-0.25, -0.2) is 0 Å². The van der Waals surface area contributed by atoms with Gasteiger partial charge in [0.05, 0.1) is 12.2 Å². The summed E-state index contributed by atoms with van der Waals surface area (Å²) in [6.45, 7) is 4.78. The van der Waals surface area contributed by atoms with Gasteiger partial charge in [-0.2, -0.15) is 0 Å². The molecule has 21 heavy (non-hydrogen) atoms. The van der Waals surface area contributed by atoms with Gasteiger partial charge in [0.1, 0.15) is 12.4 Å². The molecule has 1 N–H and O–H groups in total. The summed E-state index contributed by atoms with van der Waals surface area (Å²) in [5.74, 6) is 6.75. The van der Waals surface area contributed by atoms with Crippen LogP contribution in [-0.4, -0.2) is 11.7 Å². The average Bonchev–Trinajstić information content (AvgIpc) is 2.49. The monoisotopic (exact) mass is 280 g/mol. The van der Waals surface area contributed by atoms with Gasteiger partial charge in [0.15, 0.2) is 0 Å². The van der Waals surface area contributed by atoms with E-state index >= 15 is 0 Å². The van der Waals surface area contributed by atoms with Crippen molar-refractivity contribution < 1.29 is 9.84 Å². The highest BCUT2D eigenvalue weighted by molar-refractivity contribution is 5.46. The zero-order valence-corrected chi connectivity index (χ0v) is 12.5. The summed E-state index contributed by atoms with van der Waals surface area (Å²) in [7, 11) is 0. The van der Waals surface area contributed by atoms with Gasteiger partial charge in [-0.15, -0.1) is 0 Å². The predicted molar refractivity (Wildman–Crippen MR) is 85.3 cm³/mol. The number of aliphatic hydroxyl groups excluding tert-OH is 1. The fourth-order valence-electron chi connectivity index (χ4n) is 2.02. The highest BCUT2D eigenvalue weighted by atomic mass is 16.5. The van der Waals surface area contributed by atoms with Crippen LogP contribution in [0.1, 0.15) is 28.7 Å². The van der Waals surface area contributed by atoms with Crippen molar-refractivity contribution in [1.29, 1.82) is 0 Å². The lowest BCUT2D eigenvalue weighted by Crippen LogP contribution is -1.99. The summed E-state index contributed by atoms with van der Waals surface area (Å²) in [5.41, 5.74) is 4.50. The van der Waals surface area contributed by atoms with E-state index < -0.39 is 0 Å². The number of hydrogen-bond acceptors (Lipinski definition) is 2. The van der Waals surface area contributed by atoms with Crippen LogP contribution in [0.15, 0.2) is 42.5 Å². The normalized spacial score (nSPS) is 9.86. The molecule has 0 aliphatic carbocycles. The first-order valence-electron chi connectivity index (χ1n) is 7.08. The van der Waals surface area contributed by atoms with Crippen molar-refractivity contribution in [2.45, 2.75) is 26.9 Å². The molecule has 0 saturated heterocycles. The number of para-hydroxylation sites is 1. The fourth-order valence-corrected chi connectivity index (χ4v) is 2.02. The van der Waals surface area contributed by atoms with E-state index in [-0.39, 0.29) is 6.61 Å². The van der Waals surface area contributed by atoms with Crippen LogP contribution in [0.25, 0.3) is 0 Å². The summed E-state index contributed by atoms with van der Waals surface area (Å²) in [6, 6.07) is 14.1. The van der Waals surface area contributed by atoms with Crippen LogP contribution in [0.2, 0.25) is 0 Å². The fraction of sp³-hybridized carbons (Fsp3) is 0.263. The second-order valence-electron chi connectivity index (χ2n) is 4.99. The molecular formula is C19H20O2. The highest BCUT2D eigenvalue weighted by Gasteiger charge is 2.03. The molecule has 2 aromatic rings. The smallest absolute Gasteiger partial charge is 0.135 e. The lowest BCUT2D eigenvalue weighted by atomic mass is 10.1. The van der Waals surface area contributed by atoms with Crippen LogP contribution >= 0.6 is 0 Å². The van der Waals surface area contributed by atoms with Gasteiger partial charge in [0.2, 0.25) is 0 Å². The van der Waals surface area contributed by atoms with Gasteiger partial charge >= 0.3 is 0 Å². The molecule has 0 unspecified atom stereocenters. The van der Waals surface area contributed by atoms with Gasteiger partial charge in [0, 0.05) is 6.42 Å². The SMILES string of the molecule is Cc1ccc(C)c(COc2ccccc2C#CCCO)c1. The Labute approximate surface area is 126 Å². The van der Waals surface area contributed by atoms with Gasteiger partial charge in [-0.3, -0.25) is 0 Å². The van der Waals surface area contributed by atoms with Crippen molar-refractivity contribution in [2.24, 2.45) is 0 Å². The molecule has 108 valence electrons. The van der Waals surface area contributed by atoms with Crippen LogP contribution in [0.5, 0.6) is 5.75 Å². The van der Waals surface area contributed by atoms with Crippen LogP contribution < -0.4 is 4.74 Å². The molecule has 0 radical (unpaired) electrons. The van der Waals surface area contributed by atoms with Gasteiger partial charge in [-0.1, -0.05) is 47.7 Å². The first-order chi connectivity index (χ1) is 10.2. The van der Waals surface area contributed by atoms with E-state index in [1.54, 1.807) is 0 Å². The summed E-state index contributed by atoms with van der Waals surface area (Å²) < 4.78 is 5.92. The minimum atomic E-state index is 0.0819.